The van der Waals surface area contributed by atoms with Crippen molar-refractivity contribution in [3.8, 4) is 11.8 Å². The molecule has 3 aromatic rings. The molecular weight excluding hydrogens is 436 g/mol. The number of para-hydroxylation sites is 1. The molecule has 3 heterocycles. The van der Waals surface area contributed by atoms with Gasteiger partial charge in [-0.1, -0.05) is 24.6 Å². The monoisotopic (exact) mass is 468 g/mol. The van der Waals surface area contributed by atoms with Gasteiger partial charge in [0.15, 0.2) is 0 Å². The van der Waals surface area contributed by atoms with Crippen LogP contribution in [0.1, 0.15) is 73.8 Å². The highest BCUT2D eigenvalue weighted by Crippen LogP contribution is 2.35. The summed E-state index contributed by atoms with van der Waals surface area (Å²) in [5.41, 5.74) is 3.48. The number of hydrogen-bond acceptors (Lipinski definition) is 7. The van der Waals surface area contributed by atoms with Gasteiger partial charge in [-0.25, -0.2) is 15.0 Å². The second kappa shape index (κ2) is 10.8. The molecule has 1 saturated carbocycles. The molecule has 5 rings (SSSR count). The van der Waals surface area contributed by atoms with Gasteiger partial charge in [0.1, 0.15) is 29.2 Å². The van der Waals surface area contributed by atoms with Crippen LogP contribution in [0.15, 0.2) is 48.7 Å². The van der Waals surface area contributed by atoms with Crippen LogP contribution < -0.4 is 10.1 Å². The molecule has 180 valence electrons. The molecule has 1 saturated heterocycles. The molecule has 1 N–H and O–H groups in total. The maximum atomic E-state index is 8.99. The molecule has 7 heteroatoms. The summed E-state index contributed by atoms with van der Waals surface area (Å²) in [5, 5.41) is 12.3. The minimum absolute atomic E-state index is 0.227. The maximum Gasteiger partial charge on any atom is 0.140 e. The summed E-state index contributed by atoms with van der Waals surface area (Å²) < 4.78 is 6.42. The largest absolute Gasteiger partial charge is 0.490 e. The van der Waals surface area contributed by atoms with E-state index in [1.807, 2.05) is 19.1 Å². The van der Waals surface area contributed by atoms with E-state index in [2.05, 4.69) is 50.5 Å². The lowest BCUT2D eigenvalue weighted by Crippen LogP contribution is -2.34. The number of rotatable bonds is 7. The Hall–Kier alpha value is -3.50. The van der Waals surface area contributed by atoms with Gasteiger partial charge in [-0.3, -0.25) is 4.90 Å². The number of aromatic nitrogens is 3. The van der Waals surface area contributed by atoms with E-state index < -0.39 is 0 Å². The van der Waals surface area contributed by atoms with E-state index in [-0.39, 0.29) is 6.04 Å². The first-order chi connectivity index (χ1) is 17.2. The Bertz CT molecular complexity index is 1180. The molecular formula is C28H32N6O. The third-order valence-electron chi connectivity index (χ3n) is 6.91. The molecule has 1 atom stereocenters. The van der Waals surface area contributed by atoms with Crippen molar-refractivity contribution in [1.29, 1.82) is 5.26 Å². The van der Waals surface area contributed by atoms with Gasteiger partial charge in [-0.05, 0) is 70.2 Å². The van der Waals surface area contributed by atoms with Crippen LogP contribution in [-0.2, 0) is 6.54 Å². The summed E-state index contributed by atoms with van der Waals surface area (Å²) in [7, 11) is 0. The Morgan fingerprint density at radius 1 is 1.06 bits per heavy atom. The second-order valence-electron chi connectivity index (χ2n) is 9.51. The molecule has 2 aliphatic rings. The van der Waals surface area contributed by atoms with Gasteiger partial charge in [0, 0.05) is 18.2 Å². The van der Waals surface area contributed by atoms with Crippen LogP contribution in [0.3, 0.4) is 0 Å². The normalized spacial score (nSPS) is 18.8. The average molecular weight is 469 g/mol. The average Bonchev–Trinajstić information content (AvgIpc) is 3.39. The third-order valence-corrected chi connectivity index (χ3v) is 6.91. The Kier molecular flexibility index (Phi) is 7.20. The second-order valence-corrected chi connectivity index (χ2v) is 9.51. The molecule has 7 nitrogen and oxygen atoms in total. The van der Waals surface area contributed by atoms with Gasteiger partial charge in [0.05, 0.1) is 29.7 Å². The Morgan fingerprint density at radius 3 is 2.69 bits per heavy atom. The van der Waals surface area contributed by atoms with Crippen LogP contribution in [0.25, 0.3) is 0 Å². The summed E-state index contributed by atoms with van der Waals surface area (Å²) >= 11 is 0. The first kappa shape index (κ1) is 23.3. The highest BCUT2D eigenvalue weighted by molar-refractivity contribution is 5.55. The molecule has 0 spiro atoms. The van der Waals surface area contributed by atoms with Crippen molar-refractivity contribution >= 4 is 11.5 Å². The number of piperidine rings is 1. The van der Waals surface area contributed by atoms with Crippen molar-refractivity contribution < 1.29 is 4.74 Å². The zero-order valence-corrected chi connectivity index (χ0v) is 20.3. The van der Waals surface area contributed by atoms with Gasteiger partial charge in [0.2, 0.25) is 0 Å². The van der Waals surface area contributed by atoms with Crippen LogP contribution in [0.5, 0.6) is 5.75 Å². The van der Waals surface area contributed by atoms with Crippen LogP contribution in [-0.4, -0.2) is 32.5 Å². The first-order valence-electron chi connectivity index (χ1n) is 12.7. The lowest BCUT2D eigenvalue weighted by atomic mass is 9.98. The maximum absolute atomic E-state index is 8.99. The summed E-state index contributed by atoms with van der Waals surface area (Å²) in [5.74, 6) is 2.51. The predicted octanol–water partition coefficient (Wildman–Crippen LogP) is 5.84. The number of pyridine rings is 1. The van der Waals surface area contributed by atoms with Gasteiger partial charge in [-0.15, -0.1) is 0 Å². The van der Waals surface area contributed by atoms with Crippen molar-refractivity contribution in [3.63, 3.8) is 0 Å². The number of aryl methyl sites for hydroxylation is 1. The van der Waals surface area contributed by atoms with E-state index in [0.717, 1.165) is 61.1 Å². The first-order valence-corrected chi connectivity index (χ1v) is 12.7. The lowest BCUT2D eigenvalue weighted by Gasteiger charge is -2.36. The fourth-order valence-electron chi connectivity index (χ4n) is 5.18. The van der Waals surface area contributed by atoms with E-state index >= 15 is 0 Å². The van der Waals surface area contributed by atoms with Crippen LogP contribution in [0.4, 0.5) is 11.5 Å². The fourth-order valence-corrected chi connectivity index (χ4v) is 5.18. The minimum Gasteiger partial charge on any atom is -0.490 e. The van der Waals surface area contributed by atoms with Crippen molar-refractivity contribution in [2.75, 3.05) is 11.9 Å². The number of benzene rings is 1. The third kappa shape index (κ3) is 5.77. The zero-order valence-electron chi connectivity index (χ0n) is 20.3. The summed E-state index contributed by atoms with van der Waals surface area (Å²) in [6.07, 6.45) is 10.3. The highest BCUT2D eigenvalue weighted by atomic mass is 16.5. The van der Waals surface area contributed by atoms with Crippen LogP contribution in [0, 0.1) is 18.3 Å². The van der Waals surface area contributed by atoms with Crippen LogP contribution >= 0.6 is 0 Å². The number of nitriles is 1. The standard InChI is InChI=1S/C28H32N6O/c1-20-31-25(16-28(32-20)33-23-14-13-22(17-29)30-18-23)26-11-6-7-15-34(26)19-21-8-2-5-12-27(21)35-24-9-3-4-10-24/h2,5,8,12-14,16,18,24,26H,3-4,6-7,9-11,15,19H2,1H3,(H,31,32,33)/t26-/m0/s1. The van der Waals surface area contributed by atoms with E-state index in [1.54, 1.807) is 12.3 Å². The molecule has 0 radical (unpaired) electrons. The molecule has 35 heavy (non-hydrogen) atoms. The molecule has 2 aromatic heterocycles. The van der Waals surface area contributed by atoms with Crippen molar-refractivity contribution in [2.24, 2.45) is 0 Å². The Morgan fingerprint density at radius 2 is 1.89 bits per heavy atom. The number of hydrogen-bond donors (Lipinski definition) is 1. The fraction of sp³-hybridized carbons (Fsp3) is 0.429. The smallest absolute Gasteiger partial charge is 0.140 e. The highest BCUT2D eigenvalue weighted by Gasteiger charge is 2.27. The van der Waals surface area contributed by atoms with Gasteiger partial charge in [-0.2, -0.15) is 5.26 Å². The molecule has 0 unspecified atom stereocenters. The van der Waals surface area contributed by atoms with Gasteiger partial charge >= 0.3 is 0 Å². The van der Waals surface area contributed by atoms with E-state index in [0.29, 0.717) is 11.8 Å². The summed E-state index contributed by atoms with van der Waals surface area (Å²) in [6, 6.07) is 16.4. The number of nitrogens with zero attached hydrogens (tertiary/aromatic N) is 5. The van der Waals surface area contributed by atoms with Crippen molar-refractivity contribution in [2.45, 2.75) is 70.6 Å². The SMILES string of the molecule is Cc1nc(Nc2ccc(C#N)nc2)cc([C@@H]2CCCCN2Cc2ccccc2OC2CCCC2)n1. The topological polar surface area (TPSA) is 87.0 Å². The molecule has 2 fully saturated rings. The van der Waals surface area contributed by atoms with Gasteiger partial charge < -0.3 is 10.1 Å². The van der Waals surface area contributed by atoms with E-state index in [4.69, 9.17) is 15.0 Å². The number of likely N-dealkylation sites (tertiary alicyclic amines) is 1. The van der Waals surface area contributed by atoms with E-state index in [1.165, 1.54) is 31.2 Å². The number of anilines is 2. The van der Waals surface area contributed by atoms with E-state index in [9.17, 15) is 0 Å². The Balaban J connectivity index is 1.35. The molecule has 1 aromatic carbocycles. The number of ether oxygens (including phenoxy) is 1. The quantitative estimate of drug-likeness (QED) is 0.466. The molecule has 1 aliphatic carbocycles. The zero-order chi connectivity index (χ0) is 24.0. The Labute approximate surface area is 207 Å². The predicted molar refractivity (Wildman–Crippen MR) is 135 cm³/mol. The molecule has 1 aliphatic heterocycles. The van der Waals surface area contributed by atoms with Crippen LogP contribution in [0.2, 0.25) is 0 Å². The molecule has 0 bridgehead atoms. The minimum atomic E-state index is 0.227. The summed E-state index contributed by atoms with van der Waals surface area (Å²) in [4.78, 5) is 16.1. The van der Waals surface area contributed by atoms with Crippen molar-refractivity contribution in [3.05, 3.63) is 71.4 Å². The summed E-state index contributed by atoms with van der Waals surface area (Å²) in [6.45, 7) is 3.82. The van der Waals surface area contributed by atoms with Gasteiger partial charge in [0.25, 0.3) is 0 Å². The number of nitrogens with one attached hydrogen (secondary N) is 1. The van der Waals surface area contributed by atoms with Crippen molar-refractivity contribution in [1.82, 2.24) is 19.9 Å². The molecule has 0 amide bonds. The lowest BCUT2D eigenvalue weighted by molar-refractivity contribution is 0.133.